The minimum atomic E-state index is -0.934. The number of carbonyl (C=O) groups is 1. The molecule has 1 aromatic heterocycles. The lowest BCUT2D eigenvalue weighted by atomic mass is 10.00. The number of hydrogen-bond donors (Lipinski definition) is 2. The number of nitrogens with one attached hydrogen (secondary N) is 1. The topological polar surface area (TPSA) is 75.4 Å². The van der Waals surface area contributed by atoms with Gasteiger partial charge in [0, 0.05) is 25.1 Å². The largest absolute Gasteiger partial charge is 0.396 e. The van der Waals surface area contributed by atoms with E-state index in [-0.39, 0.29) is 24.8 Å². The summed E-state index contributed by atoms with van der Waals surface area (Å²) < 4.78 is 30.5. The maximum Gasteiger partial charge on any atom is 0.273 e. The van der Waals surface area contributed by atoms with Crippen molar-refractivity contribution in [3.63, 3.8) is 0 Å². The summed E-state index contributed by atoms with van der Waals surface area (Å²) in [5, 5.41) is 15.4. The number of aromatic nitrogens is 1. The number of hydrogen-bond acceptors (Lipinski definition) is 4. The second kappa shape index (κ2) is 6.94. The highest BCUT2D eigenvalue weighted by Crippen LogP contribution is 2.13. The minimum Gasteiger partial charge on any atom is -0.396 e. The number of amides is 1. The van der Waals surface area contributed by atoms with Gasteiger partial charge in [0.25, 0.3) is 5.91 Å². The lowest BCUT2D eigenvalue weighted by Gasteiger charge is -2.14. The number of aliphatic hydroxyl groups excluding tert-OH is 1. The van der Waals surface area contributed by atoms with E-state index in [2.05, 4.69) is 15.0 Å². The fourth-order valence-corrected chi connectivity index (χ4v) is 1.86. The van der Waals surface area contributed by atoms with E-state index in [1.54, 1.807) is 0 Å². The Morgan fingerprint density at radius 2 is 2.14 bits per heavy atom. The molecule has 0 aliphatic rings. The Kier molecular flexibility index (Phi) is 4.99. The van der Waals surface area contributed by atoms with Crippen LogP contribution in [0.1, 0.15) is 16.1 Å². The Morgan fingerprint density at radius 1 is 1.33 bits per heavy atom. The molecule has 0 saturated carbocycles. The van der Waals surface area contributed by atoms with Gasteiger partial charge in [0.15, 0.2) is 17.3 Å². The van der Waals surface area contributed by atoms with Crippen LogP contribution in [0.25, 0.3) is 0 Å². The quantitative estimate of drug-likeness (QED) is 0.847. The normalized spacial score (nSPS) is 12.1. The third-order valence-electron chi connectivity index (χ3n) is 2.99. The lowest BCUT2D eigenvalue weighted by Crippen LogP contribution is -2.32. The van der Waals surface area contributed by atoms with Gasteiger partial charge in [-0.1, -0.05) is 11.2 Å². The molecule has 1 aromatic carbocycles. The van der Waals surface area contributed by atoms with Crippen molar-refractivity contribution >= 4 is 5.91 Å². The summed E-state index contributed by atoms with van der Waals surface area (Å²) >= 11 is 0. The number of halogens is 2. The van der Waals surface area contributed by atoms with Crippen LogP contribution in [-0.2, 0) is 6.42 Å². The van der Waals surface area contributed by atoms with Gasteiger partial charge in [0.1, 0.15) is 6.26 Å². The molecule has 2 rings (SSSR count). The molecule has 21 heavy (non-hydrogen) atoms. The van der Waals surface area contributed by atoms with Gasteiger partial charge in [-0.3, -0.25) is 4.79 Å². The summed E-state index contributed by atoms with van der Waals surface area (Å²) in [5.74, 6) is -2.59. The highest BCUT2D eigenvalue weighted by atomic mass is 19.2. The zero-order valence-corrected chi connectivity index (χ0v) is 11.1. The number of rotatable bonds is 6. The Hall–Kier alpha value is -2.28. The van der Waals surface area contributed by atoms with Crippen LogP contribution in [0.4, 0.5) is 8.78 Å². The standard InChI is InChI=1S/C14H14F2N2O3/c15-11-2-1-9(6-12(11)16)5-10(8-19)7-17-14(20)13-3-4-21-18-13/h1-4,6,10,19H,5,7-8H2,(H,17,20). The van der Waals surface area contributed by atoms with Crippen molar-refractivity contribution in [2.45, 2.75) is 6.42 Å². The van der Waals surface area contributed by atoms with E-state index in [9.17, 15) is 18.7 Å². The van der Waals surface area contributed by atoms with E-state index in [4.69, 9.17) is 0 Å². The van der Waals surface area contributed by atoms with Gasteiger partial charge in [0.2, 0.25) is 0 Å². The molecule has 0 radical (unpaired) electrons. The van der Waals surface area contributed by atoms with Crippen molar-refractivity contribution < 1.29 is 23.2 Å². The van der Waals surface area contributed by atoms with Crippen LogP contribution in [-0.4, -0.2) is 29.3 Å². The van der Waals surface area contributed by atoms with Gasteiger partial charge >= 0.3 is 0 Å². The highest BCUT2D eigenvalue weighted by molar-refractivity contribution is 5.91. The second-order valence-corrected chi connectivity index (χ2v) is 4.60. The number of nitrogens with zero attached hydrogens (tertiary/aromatic N) is 1. The molecule has 1 atom stereocenters. The van der Waals surface area contributed by atoms with Crippen LogP contribution < -0.4 is 5.32 Å². The molecule has 0 fully saturated rings. The van der Waals surface area contributed by atoms with Gasteiger partial charge in [-0.15, -0.1) is 0 Å². The summed E-state index contributed by atoms with van der Waals surface area (Å²) in [6.45, 7) is -0.0146. The SMILES string of the molecule is O=C(NCC(CO)Cc1ccc(F)c(F)c1)c1ccon1. The Labute approximate surface area is 119 Å². The zero-order valence-electron chi connectivity index (χ0n) is 11.1. The van der Waals surface area contributed by atoms with Crippen LogP contribution in [0.2, 0.25) is 0 Å². The summed E-state index contributed by atoms with van der Waals surface area (Å²) in [5.41, 5.74) is 0.683. The first-order valence-electron chi connectivity index (χ1n) is 6.33. The van der Waals surface area contributed by atoms with Gasteiger partial charge in [-0.2, -0.15) is 0 Å². The maximum absolute atomic E-state index is 13.1. The number of carbonyl (C=O) groups excluding carboxylic acids is 1. The fourth-order valence-electron chi connectivity index (χ4n) is 1.86. The van der Waals surface area contributed by atoms with Crippen molar-refractivity contribution in [2.75, 3.05) is 13.2 Å². The average molecular weight is 296 g/mol. The molecule has 0 aliphatic carbocycles. The summed E-state index contributed by atoms with van der Waals surface area (Å²) in [6.07, 6.45) is 1.59. The summed E-state index contributed by atoms with van der Waals surface area (Å²) in [4.78, 5) is 11.7. The maximum atomic E-state index is 13.1. The first-order valence-corrected chi connectivity index (χ1v) is 6.33. The zero-order chi connectivity index (χ0) is 15.2. The first-order chi connectivity index (χ1) is 10.1. The highest BCUT2D eigenvalue weighted by Gasteiger charge is 2.14. The molecule has 7 heteroatoms. The van der Waals surface area contributed by atoms with E-state index in [1.807, 2.05) is 0 Å². The van der Waals surface area contributed by atoms with Crippen molar-refractivity contribution in [1.82, 2.24) is 10.5 Å². The molecule has 2 N–H and O–H groups in total. The van der Waals surface area contributed by atoms with Gasteiger partial charge in [-0.05, 0) is 24.1 Å². The molecule has 0 bridgehead atoms. The predicted octanol–water partition coefficient (Wildman–Crippen LogP) is 1.53. The monoisotopic (exact) mass is 296 g/mol. The molecule has 1 unspecified atom stereocenters. The van der Waals surface area contributed by atoms with Crippen molar-refractivity contribution in [2.24, 2.45) is 5.92 Å². The van der Waals surface area contributed by atoms with Gasteiger partial charge in [0.05, 0.1) is 0 Å². The molecular formula is C14H14F2N2O3. The Balaban J connectivity index is 1.91. The second-order valence-electron chi connectivity index (χ2n) is 4.60. The Bertz CT molecular complexity index is 602. The van der Waals surface area contributed by atoms with Gasteiger partial charge in [-0.25, -0.2) is 8.78 Å². The molecule has 5 nitrogen and oxygen atoms in total. The molecule has 2 aromatic rings. The van der Waals surface area contributed by atoms with E-state index in [0.717, 1.165) is 12.1 Å². The molecule has 0 aliphatic heterocycles. The van der Waals surface area contributed by atoms with E-state index in [0.29, 0.717) is 12.0 Å². The molecule has 1 amide bonds. The van der Waals surface area contributed by atoms with Crippen molar-refractivity contribution in [1.29, 1.82) is 0 Å². The molecule has 0 spiro atoms. The minimum absolute atomic E-state index is 0.138. The first kappa shape index (κ1) is 15.1. The number of aliphatic hydroxyl groups is 1. The van der Waals surface area contributed by atoms with Crippen LogP contribution >= 0.6 is 0 Å². The average Bonchev–Trinajstić information content (AvgIpc) is 3.01. The summed E-state index contributed by atoms with van der Waals surface area (Å²) in [7, 11) is 0. The van der Waals surface area contributed by atoms with E-state index < -0.39 is 17.5 Å². The van der Waals surface area contributed by atoms with E-state index in [1.165, 1.54) is 18.4 Å². The molecule has 0 saturated heterocycles. The van der Waals surface area contributed by atoms with E-state index >= 15 is 0 Å². The van der Waals surface area contributed by atoms with Gasteiger partial charge < -0.3 is 14.9 Å². The fraction of sp³-hybridized carbons (Fsp3) is 0.286. The molecule has 1 heterocycles. The predicted molar refractivity (Wildman–Crippen MR) is 69.5 cm³/mol. The molecule has 112 valence electrons. The van der Waals surface area contributed by atoms with Crippen molar-refractivity contribution in [3.8, 4) is 0 Å². The molecular weight excluding hydrogens is 282 g/mol. The third kappa shape index (κ3) is 4.09. The van der Waals surface area contributed by atoms with Crippen molar-refractivity contribution in [3.05, 3.63) is 53.4 Å². The summed E-state index contributed by atoms with van der Waals surface area (Å²) in [6, 6.07) is 4.98. The van der Waals surface area contributed by atoms with Crippen LogP contribution in [0.15, 0.2) is 35.1 Å². The van der Waals surface area contributed by atoms with Crippen LogP contribution in [0, 0.1) is 17.6 Å². The third-order valence-corrected chi connectivity index (χ3v) is 2.99. The Morgan fingerprint density at radius 3 is 2.76 bits per heavy atom. The van der Waals surface area contributed by atoms with Crippen LogP contribution in [0.5, 0.6) is 0 Å². The van der Waals surface area contributed by atoms with Crippen LogP contribution in [0.3, 0.4) is 0 Å². The smallest absolute Gasteiger partial charge is 0.273 e. The number of benzene rings is 1. The lowest BCUT2D eigenvalue weighted by molar-refractivity contribution is 0.0931.